The first kappa shape index (κ1) is 18.3. The zero-order valence-electron chi connectivity index (χ0n) is 14.9. The van der Waals surface area contributed by atoms with E-state index in [9.17, 15) is 4.79 Å². The van der Waals surface area contributed by atoms with Gasteiger partial charge in [0.25, 0.3) is 0 Å². The van der Waals surface area contributed by atoms with E-state index in [-0.39, 0.29) is 5.91 Å². The van der Waals surface area contributed by atoms with Gasteiger partial charge in [-0.05, 0) is 37.5 Å². The van der Waals surface area contributed by atoms with Crippen molar-refractivity contribution in [3.63, 3.8) is 0 Å². The number of hydrogen-bond donors (Lipinski definition) is 0. The zero-order chi connectivity index (χ0) is 17.6. The summed E-state index contributed by atoms with van der Waals surface area (Å²) < 4.78 is 0. The van der Waals surface area contributed by atoms with Gasteiger partial charge >= 0.3 is 0 Å². The standard InChI is InChI=1S/C20H28ClN3O/c1-2-3-9-20(25)24-10-5-8-19(16-24)23-13-11-22(12-14-23)18-7-4-6-17(21)15-18/h2,4,6-7,15,19H,1,3,5,8-14,16H2/t19-/m1/s1. The van der Waals surface area contributed by atoms with Gasteiger partial charge < -0.3 is 9.80 Å². The third kappa shape index (κ3) is 4.77. The summed E-state index contributed by atoms with van der Waals surface area (Å²) in [5.41, 5.74) is 1.21. The molecule has 2 aliphatic heterocycles. The number of hydrogen-bond acceptors (Lipinski definition) is 3. The van der Waals surface area contributed by atoms with Crippen molar-refractivity contribution in [1.82, 2.24) is 9.80 Å². The monoisotopic (exact) mass is 361 g/mol. The lowest BCUT2D eigenvalue weighted by molar-refractivity contribution is -0.133. The Morgan fingerprint density at radius 2 is 2.04 bits per heavy atom. The van der Waals surface area contributed by atoms with E-state index in [1.165, 1.54) is 12.1 Å². The number of allylic oxidation sites excluding steroid dienone is 1. The first-order chi connectivity index (χ1) is 12.2. The van der Waals surface area contributed by atoms with Gasteiger partial charge in [0.1, 0.15) is 0 Å². The fraction of sp³-hybridized carbons (Fsp3) is 0.550. The van der Waals surface area contributed by atoms with E-state index in [4.69, 9.17) is 11.6 Å². The van der Waals surface area contributed by atoms with Crippen LogP contribution < -0.4 is 4.90 Å². The molecule has 0 N–H and O–H groups in total. The highest BCUT2D eigenvalue weighted by molar-refractivity contribution is 6.30. The number of carbonyl (C=O) groups is 1. The van der Waals surface area contributed by atoms with Crippen molar-refractivity contribution in [3.8, 4) is 0 Å². The van der Waals surface area contributed by atoms with Gasteiger partial charge in [0.15, 0.2) is 0 Å². The van der Waals surface area contributed by atoms with E-state index >= 15 is 0 Å². The van der Waals surface area contributed by atoms with Gasteiger partial charge in [0.2, 0.25) is 5.91 Å². The molecular weight excluding hydrogens is 334 g/mol. The summed E-state index contributed by atoms with van der Waals surface area (Å²) in [6, 6.07) is 8.60. The molecule has 2 fully saturated rings. The number of carbonyl (C=O) groups excluding carboxylic acids is 1. The maximum absolute atomic E-state index is 12.3. The normalized spacial score (nSPS) is 22.0. The van der Waals surface area contributed by atoms with E-state index in [2.05, 4.69) is 27.3 Å². The SMILES string of the molecule is C=CCCC(=O)N1CCC[C@@H](N2CCN(c3cccc(Cl)c3)CC2)C1. The number of amides is 1. The van der Waals surface area contributed by atoms with Crippen molar-refractivity contribution in [1.29, 1.82) is 0 Å². The molecule has 4 nitrogen and oxygen atoms in total. The van der Waals surface area contributed by atoms with Crippen LogP contribution in [0, 0.1) is 0 Å². The Bertz CT molecular complexity index is 598. The Morgan fingerprint density at radius 1 is 1.24 bits per heavy atom. The highest BCUT2D eigenvalue weighted by Gasteiger charge is 2.29. The van der Waals surface area contributed by atoms with E-state index in [0.29, 0.717) is 12.5 Å². The van der Waals surface area contributed by atoms with Crippen molar-refractivity contribution in [2.45, 2.75) is 31.7 Å². The van der Waals surface area contributed by atoms with Gasteiger partial charge in [-0.2, -0.15) is 0 Å². The Labute approximate surface area is 156 Å². The van der Waals surface area contributed by atoms with E-state index in [0.717, 1.165) is 57.1 Å². The predicted molar refractivity (Wildman–Crippen MR) is 104 cm³/mol. The molecule has 5 heteroatoms. The van der Waals surface area contributed by atoms with Gasteiger partial charge in [-0.15, -0.1) is 6.58 Å². The van der Waals surface area contributed by atoms with Gasteiger partial charge in [-0.3, -0.25) is 9.69 Å². The topological polar surface area (TPSA) is 26.8 Å². The zero-order valence-corrected chi connectivity index (χ0v) is 15.6. The van der Waals surface area contributed by atoms with Crippen LogP contribution in [0.1, 0.15) is 25.7 Å². The molecule has 0 radical (unpaired) electrons. The maximum atomic E-state index is 12.3. The minimum absolute atomic E-state index is 0.280. The van der Waals surface area contributed by atoms with Gasteiger partial charge in [0.05, 0.1) is 0 Å². The van der Waals surface area contributed by atoms with Crippen LogP contribution in [0.25, 0.3) is 0 Å². The smallest absolute Gasteiger partial charge is 0.222 e. The Morgan fingerprint density at radius 3 is 2.76 bits per heavy atom. The van der Waals surface area contributed by atoms with Crippen molar-refractivity contribution >= 4 is 23.2 Å². The number of piperidine rings is 1. The molecule has 136 valence electrons. The van der Waals surface area contributed by atoms with Crippen LogP contribution >= 0.6 is 11.6 Å². The number of likely N-dealkylation sites (tertiary alicyclic amines) is 1. The fourth-order valence-electron chi connectivity index (χ4n) is 3.88. The van der Waals surface area contributed by atoms with E-state index in [1.807, 2.05) is 24.3 Å². The van der Waals surface area contributed by atoms with Gasteiger partial charge in [-0.25, -0.2) is 0 Å². The van der Waals surface area contributed by atoms with Crippen LogP contribution in [0.3, 0.4) is 0 Å². The molecule has 2 saturated heterocycles. The molecule has 0 unspecified atom stereocenters. The first-order valence-electron chi connectivity index (χ1n) is 9.30. The van der Waals surface area contributed by atoms with Crippen molar-refractivity contribution in [3.05, 3.63) is 41.9 Å². The third-order valence-electron chi connectivity index (χ3n) is 5.32. The van der Waals surface area contributed by atoms with Crippen LogP contribution in [0.2, 0.25) is 5.02 Å². The van der Waals surface area contributed by atoms with Crippen molar-refractivity contribution in [2.75, 3.05) is 44.2 Å². The molecule has 0 spiro atoms. The Kier molecular flexibility index (Phi) is 6.38. The fourth-order valence-corrected chi connectivity index (χ4v) is 4.07. The molecule has 1 aromatic carbocycles. The number of halogens is 1. The van der Waals surface area contributed by atoms with Crippen LogP contribution in [-0.2, 0) is 4.79 Å². The lowest BCUT2D eigenvalue weighted by Crippen LogP contribution is -2.55. The van der Waals surface area contributed by atoms with Crippen molar-refractivity contribution < 1.29 is 4.79 Å². The molecule has 1 amide bonds. The van der Waals surface area contributed by atoms with E-state index < -0.39 is 0 Å². The summed E-state index contributed by atoms with van der Waals surface area (Å²) in [5, 5.41) is 0.792. The average molecular weight is 362 g/mol. The minimum atomic E-state index is 0.280. The molecule has 0 aliphatic carbocycles. The average Bonchev–Trinajstić information content (AvgIpc) is 2.66. The summed E-state index contributed by atoms with van der Waals surface area (Å²) in [7, 11) is 0. The molecule has 0 saturated carbocycles. The molecule has 0 aromatic heterocycles. The molecule has 2 heterocycles. The molecule has 0 bridgehead atoms. The molecule has 1 atom stereocenters. The number of nitrogens with zero attached hydrogens (tertiary/aromatic N) is 3. The van der Waals surface area contributed by atoms with Crippen LogP contribution in [0.15, 0.2) is 36.9 Å². The largest absolute Gasteiger partial charge is 0.369 e. The number of benzene rings is 1. The highest BCUT2D eigenvalue weighted by atomic mass is 35.5. The molecule has 3 rings (SSSR count). The molecule has 2 aliphatic rings. The summed E-state index contributed by atoms with van der Waals surface area (Å²) in [6.45, 7) is 9.63. The maximum Gasteiger partial charge on any atom is 0.222 e. The second-order valence-corrected chi connectivity index (χ2v) is 7.40. The van der Waals surface area contributed by atoms with Crippen LogP contribution in [-0.4, -0.2) is 61.0 Å². The number of rotatable bonds is 5. The highest BCUT2D eigenvalue weighted by Crippen LogP contribution is 2.23. The Balaban J connectivity index is 1.52. The second kappa shape index (κ2) is 8.72. The number of anilines is 1. The quantitative estimate of drug-likeness (QED) is 0.752. The van der Waals surface area contributed by atoms with Gasteiger partial charge in [-0.1, -0.05) is 23.7 Å². The summed E-state index contributed by atoms with van der Waals surface area (Å²) in [4.78, 5) is 19.3. The summed E-state index contributed by atoms with van der Waals surface area (Å²) in [5.74, 6) is 0.280. The van der Waals surface area contributed by atoms with E-state index in [1.54, 1.807) is 0 Å². The molecule has 25 heavy (non-hydrogen) atoms. The predicted octanol–water partition coefficient (Wildman–Crippen LogP) is 3.42. The van der Waals surface area contributed by atoms with Crippen molar-refractivity contribution in [2.24, 2.45) is 0 Å². The lowest BCUT2D eigenvalue weighted by Gasteiger charge is -2.44. The molecular formula is C20H28ClN3O. The summed E-state index contributed by atoms with van der Waals surface area (Å²) in [6.07, 6.45) is 5.51. The first-order valence-corrected chi connectivity index (χ1v) is 9.68. The third-order valence-corrected chi connectivity index (χ3v) is 5.55. The Hall–Kier alpha value is -1.52. The lowest BCUT2D eigenvalue weighted by atomic mass is 10.0. The summed E-state index contributed by atoms with van der Waals surface area (Å²) >= 11 is 6.12. The molecule has 1 aromatic rings. The van der Waals surface area contributed by atoms with Gasteiger partial charge in [0, 0.05) is 62.4 Å². The second-order valence-electron chi connectivity index (χ2n) is 6.97. The van der Waals surface area contributed by atoms with Crippen LogP contribution in [0.4, 0.5) is 5.69 Å². The van der Waals surface area contributed by atoms with Crippen LogP contribution in [0.5, 0.6) is 0 Å². The number of piperazine rings is 1. The minimum Gasteiger partial charge on any atom is -0.369 e.